The van der Waals surface area contributed by atoms with E-state index in [0.717, 1.165) is 17.5 Å². The number of alkyl halides is 2. The lowest BCUT2D eigenvalue weighted by atomic mass is 10.2. The highest BCUT2D eigenvalue weighted by atomic mass is 32.2. The zero-order valence-corrected chi connectivity index (χ0v) is 18.8. The number of benzene rings is 1. The molecule has 0 atom stereocenters. The first kappa shape index (κ1) is 23.0. The number of carbonyl (C=O) groups excluding carboxylic acids is 1. The fraction of sp³-hybridized carbons (Fsp3) is 0.316. The van der Waals surface area contributed by atoms with Gasteiger partial charge in [-0.25, -0.2) is 18.4 Å². The minimum atomic E-state index is -3.75. The lowest BCUT2D eigenvalue weighted by Crippen LogP contribution is -2.33. The first-order valence-corrected chi connectivity index (χ1v) is 11.5. The number of anilines is 1. The van der Waals surface area contributed by atoms with Crippen LogP contribution in [0.3, 0.4) is 0 Å². The molecule has 0 bridgehead atoms. The molecule has 0 saturated carbocycles. The SMILES string of the molecule is Cc1nc(NC(=O)c2cccc(S(=O)(=O)N(C)C(C)C)c2)sc1-c1nccn1C(F)F. The number of halogens is 2. The third-order valence-corrected chi connectivity index (χ3v) is 7.70. The van der Waals surface area contributed by atoms with Crippen molar-refractivity contribution >= 4 is 32.4 Å². The monoisotopic (exact) mass is 469 g/mol. The molecule has 0 radical (unpaired) electrons. The molecule has 12 heteroatoms. The number of thiazole rings is 1. The van der Waals surface area contributed by atoms with Crippen molar-refractivity contribution in [3.8, 4) is 10.7 Å². The van der Waals surface area contributed by atoms with Crippen molar-refractivity contribution in [2.75, 3.05) is 12.4 Å². The van der Waals surface area contributed by atoms with E-state index < -0.39 is 22.5 Å². The van der Waals surface area contributed by atoms with Gasteiger partial charge in [0.1, 0.15) is 0 Å². The Morgan fingerprint density at radius 3 is 2.65 bits per heavy atom. The number of nitrogens with zero attached hydrogens (tertiary/aromatic N) is 4. The molecule has 0 spiro atoms. The van der Waals surface area contributed by atoms with Crippen LogP contribution in [-0.2, 0) is 10.0 Å². The number of nitrogens with one attached hydrogen (secondary N) is 1. The summed E-state index contributed by atoms with van der Waals surface area (Å²) in [5, 5.41) is 2.79. The number of aromatic nitrogens is 3. The van der Waals surface area contributed by atoms with Gasteiger partial charge < -0.3 is 0 Å². The van der Waals surface area contributed by atoms with Gasteiger partial charge in [-0.2, -0.15) is 13.1 Å². The topological polar surface area (TPSA) is 97.2 Å². The summed E-state index contributed by atoms with van der Waals surface area (Å²) in [6.07, 6.45) is 2.43. The van der Waals surface area contributed by atoms with Crippen LogP contribution >= 0.6 is 11.3 Å². The highest BCUT2D eigenvalue weighted by Crippen LogP contribution is 2.33. The first-order valence-electron chi connectivity index (χ1n) is 9.20. The van der Waals surface area contributed by atoms with Crippen LogP contribution in [0.4, 0.5) is 13.9 Å². The Balaban J connectivity index is 1.86. The first-order chi connectivity index (χ1) is 14.5. The highest BCUT2D eigenvalue weighted by Gasteiger charge is 2.24. The third-order valence-electron chi connectivity index (χ3n) is 4.60. The molecule has 3 rings (SSSR count). The molecular weight excluding hydrogens is 448 g/mol. The Hall–Kier alpha value is -2.70. The Bertz CT molecular complexity index is 1200. The van der Waals surface area contributed by atoms with Gasteiger partial charge >= 0.3 is 6.55 Å². The number of imidazole rings is 1. The summed E-state index contributed by atoms with van der Waals surface area (Å²) >= 11 is 1.00. The van der Waals surface area contributed by atoms with Crippen molar-refractivity contribution in [2.45, 2.75) is 38.3 Å². The maximum atomic E-state index is 13.1. The molecule has 1 amide bonds. The van der Waals surface area contributed by atoms with Crippen molar-refractivity contribution in [3.05, 3.63) is 47.9 Å². The third kappa shape index (κ3) is 4.65. The molecule has 0 aliphatic heterocycles. The van der Waals surface area contributed by atoms with E-state index in [2.05, 4.69) is 15.3 Å². The minimum Gasteiger partial charge on any atom is -0.298 e. The van der Waals surface area contributed by atoms with Crippen molar-refractivity contribution in [1.82, 2.24) is 18.8 Å². The molecule has 0 unspecified atom stereocenters. The quantitative estimate of drug-likeness (QED) is 0.564. The van der Waals surface area contributed by atoms with Crippen molar-refractivity contribution in [2.24, 2.45) is 0 Å². The van der Waals surface area contributed by atoms with Crippen LogP contribution in [0.5, 0.6) is 0 Å². The van der Waals surface area contributed by atoms with Gasteiger partial charge in [0.25, 0.3) is 5.91 Å². The van der Waals surface area contributed by atoms with Gasteiger partial charge in [-0.05, 0) is 39.0 Å². The summed E-state index contributed by atoms with van der Waals surface area (Å²) < 4.78 is 53.6. The number of hydrogen-bond acceptors (Lipinski definition) is 6. The van der Waals surface area contributed by atoms with Crippen LogP contribution in [0.1, 0.15) is 36.4 Å². The molecule has 0 aliphatic carbocycles. The Morgan fingerprint density at radius 2 is 2.00 bits per heavy atom. The fourth-order valence-electron chi connectivity index (χ4n) is 2.71. The van der Waals surface area contributed by atoms with Gasteiger partial charge in [-0.3, -0.25) is 14.7 Å². The molecule has 1 aromatic carbocycles. The Morgan fingerprint density at radius 1 is 1.29 bits per heavy atom. The summed E-state index contributed by atoms with van der Waals surface area (Å²) in [5.41, 5.74) is 0.560. The maximum absolute atomic E-state index is 13.1. The predicted molar refractivity (Wildman–Crippen MR) is 114 cm³/mol. The van der Waals surface area contributed by atoms with Crippen LogP contribution in [0.15, 0.2) is 41.6 Å². The van der Waals surface area contributed by atoms with Crippen LogP contribution in [0.2, 0.25) is 0 Å². The smallest absolute Gasteiger partial charge is 0.298 e. The summed E-state index contributed by atoms with van der Waals surface area (Å²) in [5.74, 6) is -0.517. The van der Waals surface area contributed by atoms with E-state index in [1.807, 2.05) is 0 Å². The molecule has 2 aromatic heterocycles. The molecule has 166 valence electrons. The van der Waals surface area contributed by atoms with Gasteiger partial charge in [0.15, 0.2) is 11.0 Å². The lowest BCUT2D eigenvalue weighted by molar-refractivity contribution is 0.0720. The van der Waals surface area contributed by atoms with Gasteiger partial charge in [0, 0.05) is 31.0 Å². The van der Waals surface area contributed by atoms with Crippen molar-refractivity contribution in [1.29, 1.82) is 0 Å². The fourth-order valence-corrected chi connectivity index (χ4v) is 5.09. The normalized spacial score (nSPS) is 12.2. The largest absolute Gasteiger partial charge is 0.320 e. The molecule has 3 aromatic rings. The minimum absolute atomic E-state index is 0.00804. The van der Waals surface area contributed by atoms with Crippen molar-refractivity contribution < 1.29 is 22.0 Å². The number of hydrogen-bond donors (Lipinski definition) is 1. The average Bonchev–Trinajstić information content (AvgIpc) is 3.33. The van der Waals surface area contributed by atoms with Gasteiger partial charge in [0.05, 0.1) is 15.5 Å². The predicted octanol–water partition coefficient (Wildman–Crippen LogP) is 3.99. The van der Waals surface area contributed by atoms with Crippen LogP contribution in [0.25, 0.3) is 10.7 Å². The van der Waals surface area contributed by atoms with Gasteiger partial charge in [-0.1, -0.05) is 17.4 Å². The average molecular weight is 470 g/mol. The van der Waals surface area contributed by atoms with Gasteiger partial charge in [0.2, 0.25) is 10.0 Å². The molecule has 2 heterocycles. The second-order valence-electron chi connectivity index (χ2n) is 6.97. The van der Waals surface area contributed by atoms with E-state index in [0.29, 0.717) is 15.1 Å². The van der Waals surface area contributed by atoms with Crippen LogP contribution < -0.4 is 5.32 Å². The van der Waals surface area contributed by atoms with E-state index >= 15 is 0 Å². The zero-order chi connectivity index (χ0) is 22.9. The second kappa shape index (κ2) is 8.81. The molecule has 0 aliphatic rings. The second-order valence-corrected chi connectivity index (χ2v) is 9.96. The van der Waals surface area contributed by atoms with Crippen LogP contribution in [0, 0.1) is 6.92 Å². The summed E-state index contributed by atoms with van der Waals surface area (Å²) in [6, 6.07) is 5.41. The van der Waals surface area contributed by atoms with E-state index in [9.17, 15) is 22.0 Å². The molecule has 8 nitrogen and oxygen atoms in total. The van der Waals surface area contributed by atoms with Crippen LogP contribution in [-0.4, -0.2) is 46.3 Å². The molecule has 0 fully saturated rings. The number of sulfonamides is 1. The van der Waals surface area contributed by atoms with Crippen molar-refractivity contribution in [3.63, 3.8) is 0 Å². The number of rotatable bonds is 7. The maximum Gasteiger partial charge on any atom is 0.320 e. The number of carbonyl (C=O) groups is 1. The lowest BCUT2D eigenvalue weighted by Gasteiger charge is -2.21. The summed E-state index contributed by atoms with van der Waals surface area (Å²) in [7, 11) is -2.29. The number of aryl methyl sites for hydroxylation is 1. The standard InChI is InChI=1S/C19H21F2N5O3S2/c1-11(2)25(4)31(28,29)14-7-5-6-13(10-14)17(27)24-19-23-12(3)15(30-19)16-22-8-9-26(16)18(20)21/h5-11,18H,1-4H3,(H,23,24,27). The summed E-state index contributed by atoms with van der Waals surface area (Å²) in [4.78, 5) is 21.3. The highest BCUT2D eigenvalue weighted by molar-refractivity contribution is 7.89. The molecular formula is C19H21F2N5O3S2. The Labute approximate surface area is 182 Å². The molecule has 0 saturated heterocycles. The summed E-state index contributed by atoms with van der Waals surface area (Å²) in [6.45, 7) is 2.36. The number of amides is 1. The molecule has 31 heavy (non-hydrogen) atoms. The van der Waals surface area contributed by atoms with E-state index in [-0.39, 0.29) is 27.5 Å². The molecule has 1 N–H and O–H groups in total. The Kier molecular flexibility index (Phi) is 6.53. The van der Waals surface area contributed by atoms with E-state index in [4.69, 9.17) is 0 Å². The van der Waals surface area contributed by atoms with Gasteiger partial charge in [-0.15, -0.1) is 0 Å². The zero-order valence-electron chi connectivity index (χ0n) is 17.2. The van der Waals surface area contributed by atoms with E-state index in [1.165, 1.54) is 41.8 Å². The van der Waals surface area contributed by atoms with E-state index in [1.54, 1.807) is 20.8 Å².